The van der Waals surface area contributed by atoms with E-state index in [9.17, 15) is 21.6 Å². The lowest BCUT2D eigenvalue weighted by Gasteiger charge is -2.13. The third-order valence-corrected chi connectivity index (χ3v) is 6.50. The van der Waals surface area contributed by atoms with Crippen LogP contribution in [0.25, 0.3) is 11.3 Å². The molecule has 10 nitrogen and oxygen atoms in total. The van der Waals surface area contributed by atoms with Gasteiger partial charge in [-0.05, 0) is 24.6 Å². The van der Waals surface area contributed by atoms with Gasteiger partial charge in [-0.15, -0.1) is 0 Å². The summed E-state index contributed by atoms with van der Waals surface area (Å²) >= 11 is 0.820. The Bertz CT molecular complexity index is 1500. The lowest BCUT2D eigenvalue weighted by molar-refractivity contribution is -0.117. The number of hydrogen-bond acceptors (Lipinski definition) is 8. The molecule has 0 aliphatic heterocycles. The number of carbonyl (C=O) groups is 1. The van der Waals surface area contributed by atoms with Gasteiger partial charge in [0.05, 0.1) is 29.5 Å². The van der Waals surface area contributed by atoms with Crippen LogP contribution in [-0.2, 0) is 31.4 Å². The Labute approximate surface area is 196 Å². The van der Waals surface area contributed by atoms with Crippen molar-refractivity contribution in [1.29, 1.82) is 0 Å². The lowest BCUT2D eigenvalue weighted by Crippen LogP contribution is -2.27. The van der Waals surface area contributed by atoms with Crippen molar-refractivity contribution in [2.45, 2.75) is 17.6 Å². The monoisotopic (exact) mass is 502 g/mol. The smallest absolute Gasteiger partial charge is 0.261 e. The number of sulfonamides is 1. The van der Waals surface area contributed by atoms with Gasteiger partial charge in [-0.2, -0.15) is 8.42 Å². The lowest BCUT2D eigenvalue weighted by atomic mass is 10.1. The first-order valence-corrected chi connectivity index (χ1v) is 12.8. The molecule has 0 atom stereocenters. The molecule has 1 aromatic carbocycles. The number of thiazole rings is 1. The molecule has 0 spiro atoms. The van der Waals surface area contributed by atoms with E-state index < -0.39 is 26.2 Å². The second kappa shape index (κ2) is 10.3. The van der Waals surface area contributed by atoms with Gasteiger partial charge in [0.15, 0.2) is 9.34 Å². The van der Waals surface area contributed by atoms with Crippen LogP contribution in [0.4, 0.5) is 5.13 Å². The summed E-state index contributed by atoms with van der Waals surface area (Å²) in [6.07, 6.45) is 0.349. The van der Waals surface area contributed by atoms with Crippen LogP contribution in [-0.4, -0.2) is 50.6 Å². The van der Waals surface area contributed by atoms with Crippen molar-refractivity contribution in [3.8, 4) is 11.3 Å². The maximum Gasteiger partial charge on any atom is 0.261 e. The number of pyridine rings is 1. The van der Waals surface area contributed by atoms with E-state index in [1.165, 1.54) is 18.9 Å². The number of benzene rings is 1. The van der Waals surface area contributed by atoms with Crippen LogP contribution in [0.3, 0.4) is 0 Å². The zero-order valence-corrected chi connectivity index (χ0v) is 19.6. The Kier molecular flexibility index (Phi) is 6.40. The molecular weight excluding hydrogens is 476 g/mol. The average Bonchev–Trinajstić information content (AvgIpc) is 3.16. The molecule has 2 heterocycles. The number of carbonyl (C=O) groups excluding carboxylic acids is 1. The molecule has 0 aliphatic carbocycles. The zero-order valence-electron chi connectivity index (χ0n) is 21.1. The Morgan fingerprint density at radius 2 is 1.81 bits per heavy atom. The van der Waals surface area contributed by atoms with Crippen molar-refractivity contribution in [3.63, 3.8) is 0 Å². The number of rotatable bonds is 5. The Morgan fingerprint density at radius 1 is 1.22 bits per heavy atom. The molecule has 32 heavy (non-hydrogen) atoms. The van der Waals surface area contributed by atoms with Gasteiger partial charge >= 0.3 is 0 Å². The Hall–Kier alpha value is -2.71. The zero-order chi connectivity index (χ0) is 27.6. The van der Waals surface area contributed by atoms with Crippen molar-refractivity contribution in [3.05, 3.63) is 59.8 Å². The molecule has 172 valence electrons. The van der Waals surface area contributed by atoms with Crippen LogP contribution in [0.15, 0.2) is 52.8 Å². The largest absolute Gasteiger partial charge is 0.291 e. The van der Waals surface area contributed by atoms with Crippen LogP contribution in [0.5, 0.6) is 0 Å². The molecule has 0 bridgehead atoms. The van der Waals surface area contributed by atoms with Crippen LogP contribution in [0.2, 0.25) is 0 Å². The number of primary sulfonamides is 1. The third-order valence-electron chi connectivity index (χ3n) is 3.71. The van der Waals surface area contributed by atoms with E-state index >= 15 is 0 Å². The Balaban J connectivity index is 0.000000830. The van der Waals surface area contributed by atoms with Crippen LogP contribution in [0, 0.1) is 6.92 Å². The van der Waals surface area contributed by atoms with Crippen molar-refractivity contribution in [2.24, 2.45) is 5.14 Å². The Morgan fingerprint density at radius 3 is 2.34 bits per heavy atom. The summed E-state index contributed by atoms with van der Waals surface area (Å²) in [7, 11) is -6.09. The highest BCUT2D eigenvalue weighted by molar-refractivity contribution is 7.91. The molecule has 3 rings (SSSR count). The summed E-state index contributed by atoms with van der Waals surface area (Å²) in [5, 5.41) is 5.37. The predicted molar refractivity (Wildman–Crippen MR) is 122 cm³/mol. The average molecular weight is 503 g/mol. The fraction of sp³-hybridized carbons (Fsp3) is 0.211. The number of aromatic nitrogens is 2. The van der Waals surface area contributed by atoms with Crippen molar-refractivity contribution >= 4 is 42.5 Å². The van der Waals surface area contributed by atoms with E-state index in [0.717, 1.165) is 11.3 Å². The standard InChI is InChI=1S/C18H18N4O3S2.CH4O3S/c1-12-17(27(19,24)25)26-18(21-12)22(2)16(23)11-13-6-8-14(9-7-13)15-5-3-4-10-20-15;1-5(2,3)4/h3-10H,11H2,1-2H3,(H2,19,24,25);1H3,(H,2,3,4)/i3D,4D,5D,10D;. The first-order chi connectivity index (χ1) is 16.4. The molecule has 3 N–H and O–H groups in total. The van der Waals surface area contributed by atoms with E-state index in [1.807, 2.05) is 0 Å². The molecule has 0 aliphatic rings. The summed E-state index contributed by atoms with van der Waals surface area (Å²) in [6, 6.07) is 5.56. The number of anilines is 1. The molecule has 0 saturated carbocycles. The first-order valence-electron chi connectivity index (χ1n) is 10.6. The number of nitrogens with two attached hydrogens (primary N) is 1. The van der Waals surface area contributed by atoms with Gasteiger partial charge in [0.1, 0.15) is 0 Å². The molecule has 0 radical (unpaired) electrons. The van der Waals surface area contributed by atoms with Crippen molar-refractivity contribution in [2.75, 3.05) is 18.2 Å². The number of amides is 1. The van der Waals surface area contributed by atoms with Gasteiger partial charge in [0, 0.05) is 18.8 Å². The van der Waals surface area contributed by atoms with Gasteiger partial charge < -0.3 is 0 Å². The van der Waals surface area contributed by atoms with Crippen LogP contribution < -0.4 is 10.0 Å². The SMILES string of the molecule is CS(=O)(=O)O.[2H]c1nc(-c2ccc(CC(=O)N(C)c3nc(C)c(S(N)(=O)=O)s3)cc2)c([2H])c([2H])c1[2H]. The molecule has 0 saturated heterocycles. The second-order valence-corrected chi connectivity index (χ2v) is 10.6. The van der Waals surface area contributed by atoms with Crippen molar-refractivity contribution in [1.82, 2.24) is 9.97 Å². The van der Waals surface area contributed by atoms with Crippen LogP contribution in [0.1, 0.15) is 16.7 Å². The highest BCUT2D eigenvalue weighted by Gasteiger charge is 2.22. The van der Waals surface area contributed by atoms with Gasteiger partial charge in [-0.3, -0.25) is 19.2 Å². The quantitative estimate of drug-likeness (QED) is 0.500. The molecule has 0 unspecified atom stereocenters. The minimum Gasteiger partial charge on any atom is -0.291 e. The summed E-state index contributed by atoms with van der Waals surface area (Å²) < 4.78 is 79.9. The fourth-order valence-corrected chi connectivity index (χ4v) is 4.25. The van der Waals surface area contributed by atoms with Crippen molar-refractivity contribution < 1.29 is 31.7 Å². The van der Waals surface area contributed by atoms with Gasteiger partial charge in [-0.25, -0.2) is 18.5 Å². The van der Waals surface area contributed by atoms with E-state index in [4.69, 9.17) is 15.2 Å². The summed E-state index contributed by atoms with van der Waals surface area (Å²) in [4.78, 5) is 21.9. The summed E-state index contributed by atoms with van der Waals surface area (Å²) in [5.41, 5.74) is 1.49. The van der Waals surface area contributed by atoms with E-state index in [1.54, 1.807) is 24.3 Å². The predicted octanol–water partition coefficient (Wildman–Crippen LogP) is 1.87. The van der Waals surface area contributed by atoms with Crippen LogP contribution >= 0.6 is 11.3 Å². The number of aryl methyl sites for hydroxylation is 1. The minimum absolute atomic E-state index is 0.0142. The van der Waals surface area contributed by atoms with Gasteiger partial charge in [-0.1, -0.05) is 41.6 Å². The molecule has 2 aromatic heterocycles. The maximum atomic E-state index is 12.6. The summed E-state index contributed by atoms with van der Waals surface area (Å²) in [6.45, 7) is 1.50. The fourth-order valence-electron chi connectivity index (χ4n) is 2.32. The molecule has 3 aromatic rings. The molecular formula is C19H22N4O6S3. The minimum atomic E-state index is -3.92. The second-order valence-electron chi connectivity index (χ2n) is 6.42. The van der Waals surface area contributed by atoms with Gasteiger partial charge in [0.25, 0.3) is 10.1 Å². The first kappa shape index (κ1) is 19.9. The highest BCUT2D eigenvalue weighted by Crippen LogP contribution is 2.28. The molecule has 1 amide bonds. The van der Waals surface area contributed by atoms with E-state index in [0.29, 0.717) is 17.4 Å². The van der Waals surface area contributed by atoms with E-state index in [2.05, 4.69) is 9.97 Å². The molecule has 13 heteroatoms. The van der Waals surface area contributed by atoms with E-state index in [-0.39, 0.29) is 51.3 Å². The topological polar surface area (TPSA) is 161 Å². The van der Waals surface area contributed by atoms with Gasteiger partial charge in [0.2, 0.25) is 15.9 Å². The maximum absolute atomic E-state index is 12.6. The third kappa shape index (κ3) is 7.76. The number of likely N-dealkylation sites (N-methyl/N-ethyl adjacent to an activating group) is 1. The summed E-state index contributed by atoms with van der Waals surface area (Å²) in [5.74, 6) is -0.317. The number of nitrogens with zero attached hydrogens (tertiary/aromatic N) is 3. The normalized spacial score (nSPS) is 13.2. The number of hydrogen-bond donors (Lipinski definition) is 2. The highest BCUT2D eigenvalue weighted by atomic mass is 32.2. The molecule has 0 fully saturated rings.